The first-order chi connectivity index (χ1) is 15.6. The van der Waals surface area contributed by atoms with Crippen LogP contribution in [0.1, 0.15) is 24.0 Å². The first-order valence-corrected chi connectivity index (χ1v) is 10.6. The van der Waals surface area contributed by atoms with E-state index in [-0.39, 0.29) is 11.8 Å². The highest BCUT2D eigenvalue weighted by Gasteiger charge is 2.34. The molecule has 6 nitrogen and oxygen atoms in total. The van der Waals surface area contributed by atoms with Crippen LogP contribution < -0.4 is 15.2 Å². The van der Waals surface area contributed by atoms with E-state index in [1.807, 2.05) is 48.5 Å². The van der Waals surface area contributed by atoms with Gasteiger partial charge in [-0.2, -0.15) is 5.26 Å². The molecule has 0 amide bonds. The summed E-state index contributed by atoms with van der Waals surface area (Å²) in [6.45, 7) is 4.44. The molecule has 6 heteroatoms. The lowest BCUT2D eigenvalue weighted by Gasteiger charge is -2.30. The summed E-state index contributed by atoms with van der Waals surface area (Å²) in [5.41, 5.74) is 10.9. The highest BCUT2D eigenvalue weighted by atomic mass is 16.5. The van der Waals surface area contributed by atoms with Gasteiger partial charge in [0.2, 0.25) is 5.88 Å². The number of nitriles is 1. The number of hydrogen-bond acceptors (Lipinski definition) is 6. The Bertz CT molecular complexity index is 1120. The Labute approximate surface area is 188 Å². The Kier molecular flexibility index (Phi) is 6.20. The molecule has 0 radical (unpaired) electrons. The van der Waals surface area contributed by atoms with Crippen LogP contribution in [0.3, 0.4) is 0 Å². The highest BCUT2D eigenvalue weighted by molar-refractivity contribution is 5.71. The number of ether oxygens (including phenoxy) is 3. The van der Waals surface area contributed by atoms with Gasteiger partial charge in [0.05, 0.1) is 20.1 Å². The summed E-state index contributed by atoms with van der Waals surface area (Å²) >= 11 is 0. The second kappa shape index (κ2) is 9.21. The molecule has 2 aromatic carbocycles. The van der Waals surface area contributed by atoms with Gasteiger partial charge in [-0.25, -0.2) is 0 Å². The molecule has 1 atom stereocenters. The summed E-state index contributed by atoms with van der Waals surface area (Å²) in [7, 11) is 3.30. The van der Waals surface area contributed by atoms with Crippen LogP contribution in [-0.2, 0) is 4.74 Å². The van der Waals surface area contributed by atoms with Crippen LogP contribution in [0, 0.1) is 11.3 Å². The van der Waals surface area contributed by atoms with E-state index in [2.05, 4.69) is 24.0 Å². The lowest BCUT2D eigenvalue weighted by Crippen LogP contribution is -2.30. The summed E-state index contributed by atoms with van der Waals surface area (Å²) in [5, 5.41) is 9.90. The summed E-state index contributed by atoms with van der Waals surface area (Å²) in [6, 6.07) is 18.1. The summed E-state index contributed by atoms with van der Waals surface area (Å²) < 4.78 is 16.6. The van der Waals surface area contributed by atoms with Crippen molar-refractivity contribution in [1.82, 2.24) is 4.90 Å². The molecule has 2 aliphatic rings. The van der Waals surface area contributed by atoms with Crippen LogP contribution in [0.15, 0.2) is 77.4 Å². The quantitative estimate of drug-likeness (QED) is 0.768. The van der Waals surface area contributed by atoms with Gasteiger partial charge in [0.25, 0.3) is 0 Å². The number of nitrogens with zero attached hydrogens (tertiary/aromatic N) is 2. The Morgan fingerprint density at radius 3 is 2.22 bits per heavy atom. The lowest BCUT2D eigenvalue weighted by atomic mass is 9.82. The van der Waals surface area contributed by atoms with Crippen molar-refractivity contribution in [2.45, 2.75) is 12.8 Å². The van der Waals surface area contributed by atoms with Crippen LogP contribution >= 0.6 is 0 Å². The van der Waals surface area contributed by atoms with Crippen molar-refractivity contribution < 1.29 is 14.2 Å². The standard InChI is InChI=1S/C26H27N3O3/c1-4-29-15-19(17-5-9-20(30-2)10-6-17)13-24-23(16-29)25(22(14-27)26(28)32-24)18-7-11-21(31-3)12-8-18/h5-13,25H,4,15-16,28H2,1-3H3. The Morgan fingerprint density at radius 1 is 1.03 bits per heavy atom. The minimum Gasteiger partial charge on any atom is -0.497 e. The van der Waals surface area contributed by atoms with Crippen molar-refractivity contribution in [3.8, 4) is 17.6 Å². The summed E-state index contributed by atoms with van der Waals surface area (Å²) in [6.07, 6.45) is 2.06. The largest absolute Gasteiger partial charge is 0.497 e. The Morgan fingerprint density at radius 2 is 1.66 bits per heavy atom. The maximum atomic E-state index is 9.90. The topological polar surface area (TPSA) is 80.7 Å². The van der Waals surface area contributed by atoms with Crippen LogP contribution in [0.5, 0.6) is 11.5 Å². The Hall–Kier alpha value is -3.69. The smallest absolute Gasteiger partial charge is 0.205 e. The molecular weight excluding hydrogens is 402 g/mol. The highest BCUT2D eigenvalue weighted by Crippen LogP contribution is 2.42. The van der Waals surface area contributed by atoms with E-state index in [1.165, 1.54) is 0 Å². The normalized spacial score (nSPS) is 18.8. The number of nitrogens with two attached hydrogens (primary N) is 1. The van der Waals surface area contributed by atoms with Gasteiger partial charge in [0, 0.05) is 13.1 Å². The summed E-state index contributed by atoms with van der Waals surface area (Å²) in [5.74, 6) is 2.18. The number of allylic oxidation sites excluding steroid dienone is 2. The van der Waals surface area contributed by atoms with Crippen LogP contribution in [0.2, 0.25) is 0 Å². The Balaban J connectivity index is 1.83. The minimum atomic E-state index is -0.268. The first kappa shape index (κ1) is 21.5. The van der Waals surface area contributed by atoms with E-state index < -0.39 is 0 Å². The average molecular weight is 430 g/mol. The molecule has 164 valence electrons. The third-order valence-electron chi connectivity index (χ3n) is 6.01. The molecule has 4 rings (SSSR count). The predicted octanol–water partition coefficient (Wildman–Crippen LogP) is 4.18. The van der Waals surface area contributed by atoms with E-state index in [0.29, 0.717) is 17.9 Å². The molecule has 0 aromatic heterocycles. The van der Waals surface area contributed by atoms with Crippen molar-refractivity contribution in [3.63, 3.8) is 0 Å². The van der Waals surface area contributed by atoms with Gasteiger partial charge >= 0.3 is 0 Å². The monoisotopic (exact) mass is 429 g/mol. The fourth-order valence-corrected chi connectivity index (χ4v) is 4.22. The van der Waals surface area contributed by atoms with Crippen molar-refractivity contribution in [3.05, 3.63) is 88.5 Å². The second-order valence-electron chi connectivity index (χ2n) is 7.79. The molecule has 0 spiro atoms. The fraction of sp³-hybridized carbons (Fsp3) is 0.269. The molecule has 32 heavy (non-hydrogen) atoms. The van der Waals surface area contributed by atoms with Crippen molar-refractivity contribution >= 4 is 5.57 Å². The molecule has 0 bridgehead atoms. The number of hydrogen-bond donors (Lipinski definition) is 1. The van der Waals surface area contributed by atoms with Gasteiger partial charge in [-0.15, -0.1) is 0 Å². The molecule has 0 saturated heterocycles. The van der Waals surface area contributed by atoms with E-state index in [1.54, 1.807) is 14.2 Å². The summed E-state index contributed by atoms with van der Waals surface area (Å²) in [4.78, 5) is 2.34. The van der Waals surface area contributed by atoms with E-state index >= 15 is 0 Å². The van der Waals surface area contributed by atoms with Gasteiger partial charge in [0.1, 0.15) is 28.9 Å². The number of likely N-dealkylation sites (N-methyl/N-ethyl adjacent to an activating group) is 1. The fourth-order valence-electron chi connectivity index (χ4n) is 4.22. The van der Waals surface area contributed by atoms with Crippen LogP contribution in [0.4, 0.5) is 0 Å². The van der Waals surface area contributed by atoms with Gasteiger partial charge < -0.3 is 19.9 Å². The van der Waals surface area contributed by atoms with E-state index in [0.717, 1.165) is 46.9 Å². The number of methoxy groups -OCH3 is 2. The third-order valence-corrected chi connectivity index (χ3v) is 6.01. The van der Waals surface area contributed by atoms with Crippen molar-refractivity contribution in [2.75, 3.05) is 33.9 Å². The third kappa shape index (κ3) is 4.08. The van der Waals surface area contributed by atoms with Gasteiger partial charge in [-0.1, -0.05) is 31.2 Å². The zero-order valence-electron chi connectivity index (χ0n) is 18.6. The van der Waals surface area contributed by atoms with Crippen molar-refractivity contribution in [2.24, 2.45) is 5.73 Å². The minimum absolute atomic E-state index is 0.155. The molecule has 2 aromatic rings. The number of benzene rings is 2. The molecule has 2 aliphatic heterocycles. The maximum absolute atomic E-state index is 9.90. The predicted molar refractivity (Wildman–Crippen MR) is 124 cm³/mol. The van der Waals surface area contributed by atoms with Crippen LogP contribution in [0.25, 0.3) is 5.57 Å². The first-order valence-electron chi connectivity index (χ1n) is 10.6. The molecule has 2 heterocycles. The molecule has 2 N–H and O–H groups in total. The average Bonchev–Trinajstić information content (AvgIpc) is 3.02. The molecule has 0 aliphatic carbocycles. The van der Waals surface area contributed by atoms with Gasteiger partial charge in [-0.3, -0.25) is 4.90 Å². The SMILES string of the molecule is CCN1CC(c2ccc(OC)cc2)=CC2=C(C1)C(c1ccc(OC)cc1)C(C#N)=C(N)O2. The zero-order chi connectivity index (χ0) is 22.7. The number of rotatable bonds is 5. The molecule has 0 saturated carbocycles. The van der Waals surface area contributed by atoms with E-state index in [9.17, 15) is 5.26 Å². The van der Waals surface area contributed by atoms with Gasteiger partial charge in [-0.05, 0) is 59.2 Å². The van der Waals surface area contributed by atoms with E-state index in [4.69, 9.17) is 19.9 Å². The van der Waals surface area contributed by atoms with Gasteiger partial charge in [0.15, 0.2) is 0 Å². The maximum Gasteiger partial charge on any atom is 0.205 e. The lowest BCUT2D eigenvalue weighted by molar-refractivity contribution is 0.281. The molecular formula is C26H27N3O3. The second-order valence-corrected chi connectivity index (χ2v) is 7.79. The molecule has 1 unspecified atom stereocenters. The van der Waals surface area contributed by atoms with Crippen LogP contribution in [-0.4, -0.2) is 38.8 Å². The van der Waals surface area contributed by atoms with Crippen molar-refractivity contribution in [1.29, 1.82) is 5.26 Å². The molecule has 0 fully saturated rings. The zero-order valence-corrected chi connectivity index (χ0v) is 18.6.